The van der Waals surface area contributed by atoms with Crippen LogP contribution in [0.2, 0.25) is 0 Å². The summed E-state index contributed by atoms with van der Waals surface area (Å²) in [5.74, 6) is 4.02. The molecule has 4 aromatic rings. The Morgan fingerprint density at radius 1 is 1.10 bits per heavy atom. The Balaban J connectivity index is 1.59. The molecule has 0 atom stereocenters. The SMILES string of the molecule is Cc1ccccc1-c1nnc(SCc2nc(CC(C)C)no2)n1Cc1ccco1. The summed E-state index contributed by atoms with van der Waals surface area (Å²) in [6, 6.07) is 12.0. The maximum Gasteiger partial charge on any atom is 0.237 e. The zero-order chi connectivity index (χ0) is 20.2. The molecule has 29 heavy (non-hydrogen) atoms. The quantitative estimate of drug-likeness (QED) is 0.388. The number of hydrogen-bond acceptors (Lipinski definition) is 7. The molecule has 0 fully saturated rings. The minimum Gasteiger partial charge on any atom is -0.467 e. The number of aromatic nitrogens is 5. The van der Waals surface area contributed by atoms with Gasteiger partial charge in [0.05, 0.1) is 18.6 Å². The molecule has 0 saturated carbocycles. The van der Waals surface area contributed by atoms with Crippen LogP contribution in [0.3, 0.4) is 0 Å². The first-order chi connectivity index (χ1) is 14.1. The van der Waals surface area contributed by atoms with Crippen LogP contribution in [0, 0.1) is 12.8 Å². The largest absolute Gasteiger partial charge is 0.467 e. The van der Waals surface area contributed by atoms with E-state index in [4.69, 9.17) is 8.94 Å². The summed E-state index contributed by atoms with van der Waals surface area (Å²) in [5, 5.41) is 13.7. The van der Waals surface area contributed by atoms with Crippen molar-refractivity contribution in [3.8, 4) is 11.4 Å². The van der Waals surface area contributed by atoms with E-state index in [1.165, 1.54) is 11.8 Å². The van der Waals surface area contributed by atoms with Crippen LogP contribution in [0.4, 0.5) is 0 Å². The number of aryl methyl sites for hydroxylation is 1. The van der Waals surface area contributed by atoms with Crippen LogP contribution >= 0.6 is 11.8 Å². The van der Waals surface area contributed by atoms with E-state index < -0.39 is 0 Å². The molecule has 0 radical (unpaired) electrons. The van der Waals surface area contributed by atoms with E-state index in [9.17, 15) is 0 Å². The Bertz CT molecular complexity index is 1070. The molecule has 0 N–H and O–H groups in total. The molecular formula is C21H23N5O2S. The van der Waals surface area contributed by atoms with Gasteiger partial charge < -0.3 is 8.94 Å². The van der Waals surface area contributed by atoms with Crippen LogP contribution in [0.5, 0.6) is 0 Å². The van der Waals surface area contributed by atoms with E-state index >= 15 is 0 Å². The van der Waals surface area contributed by atoms with E-state index in [-0.39, 0.29) is 0 Å². The first kappa shape index (κ1) is 19.4. The van der Waals surface area contributed by atoms with Crippen LogP contribution in [0.1, 0.15) is 36.9 Å². The fraction of sp³-hybridized carbons (Fsp3) is 0.333. The molecule has 0 aliphatic rings. The lowest BCUT2D eigenvalue weighted by Crippen LogP contribution is -2.04. The number of hydrogen-bond donors (Lipinski definition) is 0. The minimum atomic E-state index is 0.487. The molecule has 150 valence electrons. The Morgan fingerprint density at radius 2 is 1.97 bits per heavy atom. The average Bonchev–Trinajstić information content (AvgIpc) is 3.43. The smallest absolute Gasteiger partial charge is 0.237 e. The summed E-state index contributed by atoms with van der Waals surface area (Å²) in [5.41, 5.74) is 2.20. The van der Waals surface area contributed by atoms with Crippen molar-refractivity contribution in [2.45, 2.75) is 44.6 Å². The molecule has 0 aliphatic heterocycles. The van der Waals surface area contributed by atoms with Crippen molar-refractivity contribution < 1.29 is 8.94 Å². The molecule has 0 saturated heterocycles. The molecule has 7 nitrogen and oxygen atoms in total. The van der Waals surface area contributed by atoms with Crippen molar-refractivity contribution in [1.82, 2.24) is 24.9 Å². The summed E-state index contributed by atoms with van der Waals surface area (Å²) in [6.45, 7) is 6.89. The van der Waals surface area contributed by atoms with Gasteiger partial charge in [0, 0.05) is 12.0 Å². The van der Waals surface area contributed by atoms with E-state index in [1.54, 1.807) is 6.26 Å². The summed E-state index contributed by atoms with van der Waals surface area (Å²) in [6.07, 6.45) is 2.48. The maximum absolute atomic E-state index is 5.56. The van der Waals surface area contributed by atoms with Gasteiger partial charge in [-0.2, -0.15) is 4.98 Å². The molecule has 0 amide bonds. The predicted molar refractivity (Wildman–Crippen MR) is 110 cm³/mol. The van der Waals surface area contributed by atoms with Crippen LogP contribution in [-0.2, 0) is 18.7 Å². The number of furan rings is 1. The Hall–Kier alpha value is -2.87. The van der Waals surface area contributed by atoms with Gasteiger partial charge in [0.15, 0.2) is 16.8 Å². The molecule has 0 aliphatic carbocycles. The number of benzene rings is 1. The van der Waals surface area contributed by atoms with E-state index in [1.807, 2.05) is 24.3 Å². The highest BCUT2D eigenvalue weighted by atomic mass is 32.2. The van der Waals surface area contributed by atoms with Crippen LogP contribution in [-0.4, -0.2) is 24.9 Å². The van der Waals surface area contributed by atoms with Gasteiger partial charge in [0.1, 0.15) is 5.76 Å². The highest BCUT2D eigenvalue weighted by Gasteiger charge is 2.18. The van der Waals surface area contributed by atoms with Crippen LogP contribution in [0.25, 0.3) is 11.4 Å². The van der Waals surface area contributed by atoms with Gasteiger partial charge in [-0.15, -0.1) is 10.2 Å². The first-order valence-corrected chi connectivity index (χ1v) is 10.5. The lowest BCUT2D eigenvalue weighted by Gasteiger charge is -2.10. The van der Waals surface area contributed by atoms with Gasteiger partial charge in [0.25, 0.3) is 0 Å². The second-order valence-corrected chi connectivity index (χ2v) is 8.22. The fourth-order valence-electron chi connectivity index (χ4n) is 3.04. The molecule has 0 unspecified atom stereocenters. The zero-order valence-corrected chi connectivity index (χ0v) is 17.5. The normalized spacial score (nSPS) is 11.4. The molecule has 0 bridgehead atoms. The second kappa shape index (κ2) is 8.65. The van der Waals surface area contributed by atoms with Gasteiger partial charge in [-0.25, -0.2) is 0 Å². The Labute approximate surface area is 173 Å². The van der Waals surface area contributed by atoms with Gasteiger partial charge >= 0.3 is 0 Å². The van der Waals surface area contributed by atoms with Gasteiger partial charge in [-0.3, -0.25) is 4.57 Å². The number of thioether (sulfide) groups is 1. The third-order valence-corrected chi connectivity index (χ3v) is 5.37. The number of nitrogens with zero attached hydrogens (tertiary/aromatic N) is 5. The standard InChI is InChI=1S/C21H23N5O2S/c1-14(2)11-18-22-19(28-25-18)13-29-21-24-23-20(17-9-5-4-7-15(17)3)26(21)12-16-8-6-10-27-16/h4-10,14H,11-13H2,1-3H3. The summed E-state index contributed by atoms with van der Waals surface area (Å²) in [4.78, 5) is 4.48. The first-order valence-electron chi connectivity index (χ1n) is 9.56. The van der Waals surface area contributed by atoms with Crippen LogP contribution < -0.4 is 0 Å². The molecule has 3 aromatic heterocycles. The Kier molecular flexibility index (Phi) is 5.80. The minimum absolute atomic E-state index is 0.487. The summed E-state index contributed by atoms with van der Waals surface area (Å²) < 4.78 is 13.0. The van der Waals surface area contributed by atoms with Crippen molar-refractivity contribution in [2.75, 3.05) is 0 Å². The van der Waals surface area contributed by atoms with E-state index in [2.05, 4.69) is 57.8 Å². The van der Waals surface area contributed by atoms with Crippen molar-refractivity contribution in [3.05, 3.63) is 65.7 Å². The monoisotopic (exact) mass is 409 g/mol. The molecule has 8 heteroatoms. The van der Waals surface area contributed by atoms with Crippen molar-refractivity contribution in [2.24, 2.45) is 5.92 Å². The third-order valence-electron chi connectivity index (χ3n) is 4.42. The van der Waals surface area contributed by atoms with Crippen LogP contribution in [0.15, 0.2) is 56.8 Å². The van der Waals surface area contributed by atoms with Gasteiger partial charge in [0.2, 0.25) is 5.89 Å². The number of rotatable bonds is 8. The van der Waals surface area contributed by atoms with Gasteiger partial charge in [-0.05, 0) is 30.5 Å². The molecule has 3 heterocycles. The van der Waals surface area contributed by atoms with Gasteiger partial charge in [-0.1, -0.05) is 55.0 Å². The van der Waals surface area contributed by atoms with E-state index in [0.29, 0.717) is 24.1 Å². The molecule has 1 aromatic carbocycles. The zero-order valence-electron chi connectivity index (χ0n) is 16.7. The van der Waals surface area contributed by atoms with Crippen molar-refractivity contribution in [3.63, 3.8) is 0 Å². The predicted octanol–water partition coefficient (Wildman–Crippen LogP) is 4.77. The lowest BCUT2D eigenvalue weighted by atomic mass is 10.1. The second-order valence-electron chi connectivity index (χ2n) is 7.28. The highest BCUT2D eigenvalue weighted by molar-refractivity contribution is 7.98. The topological polar surface area (TPSA) is 82.8 Å². The highest BCUT2D eigenvalue weighted by Crippen LogP contribution is 2.28. The average molecular weight is 410 g/mol. The third kappa shape index (κ3) is 4.59. The maximum atomic E-state index is 5.56. The summed E-state index contributed by atoms with van der Waals surface area (Å²) >= 11 is 1.53. The summed E-state index contributed by atoms with van der Waals surface area (Å²) in [7, 11) is 0. The lowest BCUT2D eigenvalue weighted by molar-refractivity contribution is 0.382. The molecule has 0 spiro atoms. The molecule has 4 rings (SSSR count). The van der Waals surface area contributed by atoms with E-state index in [0.717, 1.165) is 40.1 Å². The molecular weight excluding hydrogens is 386 g/mol. The van der Waals surface area contributed by atoms with Crippen molar-refractivity contribution in [1.29, 1.82) is 0 Å². The Morgan fingerprint density at radius 3 is 2.72 bits per heavy atom. The van der Waals surface area contributed by atoms with Crippen molar-refractivity contribution >= 4 is 11.8 Å². The fourth-order valence-corrected chi connectivity index (χ4v) is 3.82.